The van der Waals surface area contributed by atoms with Crippen molar-refractivity contribution in [1.29, 1.82) is 0 Å². The number of sulfonamides is 1. The van der Waals surface area contributed by atoms with Gasteiger partial charge in [-0.2, -0.15) is 5.10 Å². The van der Waals surface area contributed by atoms with E-state index in [1.165, 1.54) is 0 Å². The second-order valence-electron chi connectivity index (χ2n) is 3.51. The number of anilines is 1. The van der Waals surface area contributed by atoms with Crippen molar-refractivity contribution in [3.8, 4) is 0 Å². The molecular formula is C9H17N3O3S. The number of aliphatic hydroxyl groups excluding tert-OH is 1. The Kier molecular flexibility index (Phi) is 4.31. The number of nitrogens with one attached hydrogen (secondary N) is 1. The highest BCUT2D eigenvalue weighted by Gasteiger charge is 2.14. The lowest BCUT2D eigenvalue weighted by atomic mass is 10.3. The Morgan fingerprint density at radius 2 is 2.25 bits per heavy atom. The predicted octanol–water partition coefficient (Wildman–Crippen LogP) is 0.107. The quantitative estimate of drug-likeness (QED) is 0.747. The topological polar surface area (TPSA) is 84.2 Å². The summed E-state index contributed by atoms with van der Waals surface area (Å²) in [5.74, 6) is -0.0818. The van der Waals surface area contributed by atoms with Crippen LogP contribution in [0.1, 0.15) is 19.0 Å². The molecule has 1 rings (SSSR count). The van der Waals surface area contributed by atoms with E-state index in [2.05, 4.69) is 9.82 Å². The Labute approximate surface area is 95.3 Å². The molecule has 0 radical (unpaired) electrons. The minimum absolute atomic E-state index is 0.0818. The summed E-state index contributed by atoms with van der Waals surface area (Å²) in [6, 6.07) is 0. The van der Waals surface area contributed by atoms with Crippen molar-refractivity contribution in [3.63, 3.8) is 0 Å². The third-order valence-electron chi connectivity index (χ3n) is 2.08. The van der Waals surface area contributed by atoms with Crippen LogP contribution >= 0.6 is 0 Å². The van der Waals surface area contributed by atoms with Gasteiger partial charge in [-0.25, -0.2) is 8.42 Å². The van der Waals surface area contributed by atoms with Crippen LogP contribution in [0, 0.1) is 0 Å². The maximum atomic E-state index is 11.6. The van der Waals surface area contributed by atoms with Gasteiger partial charge in [0.2, 0.25) is 10.0 Å². The normalized spacial score (nSPS) is 11.7. The van der Waals surface area contributed by atoms with Gasteiger partial charge in [-0.15, -0.1) is 0 Å². The summed E-state index contributed by atoms with van der Waals surface area (Å²) in [7, 11) is -1.64. The third-order valence-corrected chi connectivity index (χ3v) is 3.43. The van der Waals surface area contributed by atoms with Crippen LogP contribution in [0.3, 0.4) is 0 Å². The fourth-order valence-corrected chi connectivity index (χ4v) is 2.47. The fourth-order valence-electron chi connectivity index (χ4n) is 1.35. The van der Waals surface area contributed by atoms with Crippen molar-refractivity contribution in [2.75, 3.05) is 17.1 Å². The van der Waals surface area contributed by atoms with Crippen molar-refractivity contribution < 1.29 is 13.5 Å². The number of nitrogens with zero attached hydrogens (tertiary/aromatic N) is 2. The van der Waals surface area contributed by atoms with Crippen LogP contribution in [0.4, 0.5) is 5.69 Å². The molecule has 0 aromatic carbocycles. The molecule has 16 heavy (non-hydrogen) atoms. The zero-order valence-electron chi connectivity index (χ0n) is 9.47. The smallest absolute Gasteiger partial charge is 0.232 e. The van der Waals surface area contributed by atoms with Crippen LogP contribution in [0.25, 0.3) is 0 Å². The molecule has 0 bridgehead atoms. The highest BCUT2D eigenvalue weighted by atomic mass is 32.2. The summed E-state index contributed by atoms with van der Waals surface area (Å²) < 4.78 is 27.2. The van der Waals surface area contributed by atoms with E-state index < -0.39 is 10.0 Å². The van der Waals surface area contributed by atoms with Crippen LogP contribution in [0.15, 0.2) is 6.20 Å². The summed E-state index contributed by atoms with van der Waals surface area (Å²) in [5, 5.41) is 12.7. The molecule has 0 atom stereocenters. The summed E-state index contributed by atoms with van der Waals surface area (Å²) in [6.07, 6.45) is 2.53. The summed E-state index contributed by atoms with van der Waals surface area (Å²) >= 11 is 0. The molecule has 0 aliphatic heterocycles. The number of hydrogen-bond acceptors (Lipinski definition) is 4. The van der Waals surface area contributed by atoms with E-state index in [1.54, 1.807) is 17.9 Å². The zero-order valence-corrected chi connectivity index (χ0v) is 10.3. The van der Waals surface area contributed by atoms with Crippen LogP contribution in [-0.4, -0.2) is 35.7 Å². The zero-order chi connectivity index (χ0) is 12.2. The lowest BCUT2D eigenvalue weighted by Crippen LogP contribution is -2.17. The van der Waals surface area contributed by atoms with E-state index in [4.69, 9.17) is 5.11 Å². The molecule has 7 heteroatoms. The van der Waals surface area contributed by atoms with Gasteiger partial charge in [0.05, 0.1) is 17.1 Å². The number of aliphatic hydroxyl groups is 1. The minimum Gasteiger partial charge on any atom is -0.396 e. The van der Waals surface area contributed by atoms with Gasteiger partial charge in [0.25, 0.3) is 0 Å². The van der Waals surface area contributed by atoms with Crippen LogP contribution in [0.2, 0.25) is 0 Å². The largest absolute Gasteiger partial charge is 0.396 e. The van der Waals surface area contributed by atoms with Gasteiger partial charge in [0.1, 0.15) is 0 Å². The molecule has 0 amide bonds. The third kappa shape index (κ3) is 3.49. The number of aromatic nitrogens is 2. The molecule has 1 aromatic rings. The molecule has 1 aromatic heterocycles. The molecule has 2 N–H and O–H groups in total. The minimum atomic E-state index is -3.38. The first-order chi connectivity index (χ1) is 7.48. The van der Waals surface area contributed by atoms with Crippen LogP contribution in [0.5, 0.6) is 0 Å². The van der Waals surface area contributed by atoms with Gasteiger partial charge in [0.15, 0.2) is 0 Å². The van der Waals surface area contributed by atoms with Gasteiger partial charge >= 0.3 is 0 Å². The second kappa shape index (κ2) is 5.31. The molecular weight excluding hydrogens is 230 g/mol. The Morgan fingerprint density at radius 3 is 2.81 bits per heavy atom. The van der Waals surface area contributed by atoms with Crippen molar-refractivity contribution in [3.05, 3.63) is 11.9 Å². The van der Waals surface area contributed by atoms with E-state index in [0.717, 1.165) is 5.69 Å². The van der Waals surface area contributed by atoms with Crippen molar-refractivity contribution in [1.82, 2.24) is 9.78 Å². The maximum absolute atomic E-state index is 11.6. The first kappa shape index (κ1) is 13.0. The van der Waals surface area contributed by atoms with Gasteiger partial charge in [0, 0.05) is 19.9 Å². The maximum Gasteiger partial charge on any atom is 0.232 e. The highest BCUT2D eigenvalue weighted by Crippen LogP contribution is 2.15. The van der Waals surface area contributed by atoms with E-state index >= 15 is 0 Å². The van der Waals surface area contributed by atoms with Gasteiger partial charge in [-0.3, -0.25) is 9.40 Å². The van der Waals surface area contributed by atoms with E-state index in [-0.39, 0.29) is 18.8 Å². The monoisotopic (exact) mass is 247 g/mol. The second-order valence-corrected chi connectivity index (χ2v) is 5.36. The van der Waals surface area contributed by atoms with E-state index in [9.17, 15) is 8.42 Å². The summed E-state index contributed by atoms with van der Waals surface area (Å²) in [6.45, 7) is 1.78. The van der Waals surface area contributed by atoms with Crippen LogP contribution in [-0.2, 0) is 23.5 Å². The molecule has 0 aliphatic carbocycles. The van der Waals surface area contributed by atoms with Crippen molar-refractivity contribution in [2.45, 2.75) is 19.8 Å². The number of hydrogen-bond donors (Lipinski definition) is 2. The van der Waals surface area contributed by atoms with Gasteiger partial charge in [-0.05, 0) is 12.8 Å². The molecule has 6 nitrogen and oxygen atoms in total. The Morgan fingerprint density at radius 1 is 1.56 bits per heavy atom. The SMILES string of the molecule is CCc1nn(C)cc1NS(=O)(=O)CCCO. The number of rotatable bonds is 6. The molecule has 1 heterocycles. The van der Waals surface area contributed by atoms with Gasteiger partial charge in [-0.1, -0.05) is 6.92 Å². The van der Waals surface area contributed by atoms with Crippen LogP contribution < -0.4 is 4.72 Å². The summed E-state index contributed by atoms with van der Waals surface area (Å²) in [4.78, 5) is 0. The fraction of sp³-hybridized carbons (Fsp3) is 0.667. The lowest BCUT2D eigenvalue weighted by molar-refractivity contribution is 0.295. The van der Waals surface area contributed by atoms with Gasteiger partial charge < -0.3 is 5.11 Å². The molecule has 0 spiro atoms. The lowest BCUT2D eigenvalue weighted by Gasteiger charge is -2.05. The first-order valence-corrected chi connectivity index (χ1v) is 6.77. The molecule has 0 aliphatic rings. The Bertz CT molecular complexity index is 439. The Hall–Kier alpha value is -1.08. The average Bonchev–Trinajstić information content (AvgIpc) is 2.55. The van der Waals surface area contributed by atoms with E-state index in [0.29, 0.717) is 12.1 Å². The van der Waals surface area contributed by atoms with E-state index in [1.807, 2.05) is 6.92 Å². The standard InChI is InChI=1S/C9H17N3O3S/c1-3-8-9(7-12(2)10-8)11-16(14,15)6-4-5-13/h7,11,13H,3-6H2,1-2H3. The van der Waals surface area contributed by atoms with Crippen molar-refractivity contribution in [2.24, 2.45) is 7.05 Å². The predicted molar refractivity (Wildman–Crippen MR) is 61.7 cm³/mol. The molecule has 0 saturated heterocycles. The number of aryl methyl sites for hydroxylation is 2. The summed E-state index contributed by atoms with van der Waals surface area (Å²) in [5.41, 5.74) is 1.23. The average molecular weight is 247 g/mol. The molecule has 0 fully saturated rings. The molecule has 0 unspecified atom stereocenters. The highest BCUT2D eigenvalue weighted by molar-refractivity contribution is 7.92. The molecule has 92 valence electrons. The Balaban J connectivity index is 2.79. The molecule has 0 saturated carbocycles. The van der Waals surface area contributed by atoms with Crippen molar-refractivity contribution >= 4 is 15.7 Å². The first-order valence-electron chi connectivity index (χ1n) is 5.12.